The number of rotatable bonds is 12. The zero-order valence-corrected chi connectivity index (χ0v) is 28.9. The zero-order valence-electron chi connectivity index (χ0n) is 28.1. The number of hydrogen-bond acceptors (Lipinski definition) is 9. The summed E-state index contributed by atoms with van der Waals surface area (Å²) in [5, 5.41) is 15.1. The fourth-order valence-electron chi connectivity index (χ4n) is 4.84. The van der Waals surface area contributed by atoms with Crippen LogP contribution in [0.5, 0.6) is 11.6 Å². The van der Waals surface area contributed by atoms with E-state index in [1.165, 1.54) is 18.3 Å². The maximum atomic E-state index is 13.3. The summed E-state index contributed by atoms with van der Waals surface area (Å²) < 4.78 is 5.85. The van der Waals surface area contributed by atoms with Crippen LogP contribution >= 0.6 is 11.3 Å². The molecule has 5 rings (SSSR count). The second-order valence-electron chi connectivity index (χ2n) is 13.1. The molecule has 49 heavy (non-hydrogen) atoms. The number of benzene rings is 2. The van der Waals surface area contributed by atoms with Gasteiger partial charge in [0.15, 0.2) is 5.82 Å². The molecular formula is C38H39N5O5S. The van der Waals surface area contributed by atoms with Crippen LogP contribution in [0.3, 0.4) is 0 Å². The number of amides is 2. The SMILES string of the molecule is Cc1cccc(Oc2ccc(-c3cnc(-c4ccc(C[C@H](NC(=O)c5ccc(C(C)(C)C)s5)C(=O)N[C@@](C)(C=O)CO)cc4)nc3)cn2)c1. The number of thiophene rings is 1. The predicted octanol–water partition coefficient (Wildman–Crippen LogP) is 6.07. The summed E-state index contributed by atoms with van der Waals surface area (Å²) >= 11 is 1.37. The van der Waals surface area contributed by atoms with E-state index in [9.17, 15) is 19.5 Å². The average Bonchev–Trinajstić information content (AvgIpc) is 3.61. The summed E-state index contributed by atoms with van der Waals surface area (Å²) in [5.74, 6) is 0.738. The number of carbonyl (C=O) groups excluding carboxylic acids is 3. The highest BCUT2D eigenvalue weighted by Crippen LogP contribution is 2.30. The Morgan fingerprint density at radius 2 is 1.59 bits per heavy atom. The molecule has 2 amide bonds. The van der Waals surface area contributed by atoms with Crippen molar-refractivity contribution in [2.24, 2.45) is 0 Å². The second kappa shape index (κ2) is 14.9. The Morgan fingerprint density at radius 3 is 2.18 bits per heavy atom. The van der Waals surface area contributed by atoms with Crippen molar-refractivity contribution in [3.63, 3.8) is 0 Å². The summed E-state index contributed by atoms with van der Waals surface area (Å²) in [6.45, 7) is 9.03. The highest BCUT2D eigenvalue weighted by Gasteiger charge is 2.31. The van der Waals surface area contributed by atoms with Crippen LogP contribution in [0, 0.1) is 6.92 Å². The van der Waals surface area contributed by atoms with Gasteiger partial charge in [-0.3, -0.25) is 9.59 Å². The minimum absolute atomic E-state index is 0.126. The molecule has 0 aliphatic rings. The lowest BCUT2D eigenvalue weighted by atomic mass is 9.95. The van der Waals surface area contributed by atoms with Crippen molar-refractivity contribution >= 4 is 29.4 Å². The standard InChI is InChI=1S/C38H39N5O5S/c1-24-7-6-8-29(17-24)48-33-16-13-27(19-39-33)28-20-40-34(41-21-28)26-11-9-25(10-12-26)18-30(35(46)43-38(5,22-44)23-45)42-36(47)31-14-15-32(49-31)37(2,3)4/h6-17,19-22,30,45H,18,23H2,1-5H3,(H,42,47)(H,43,46)/t30-,38-/m0/s1. The van der Waals surface area contributed by atoms with Gasteiger partial charge in [0, 0.05) is 52.6 Å². The Bertz CT molecular complexity index is 1920. The first-order chi connectivity index (χ1) is 23.4. The number of aliphatic hydroxyl groups excluding tert-OH is 1. The van der Waals surface area contributed by atoms with E-state index < -0.39 is 30.0 Å². The fourth-order valence-corrected chi connectivity index (χ4v) is 5.81. The minimum Gasteiger partial charge on any atom is -0.439 e. The van der Waals surface area contributed by atoms with E-state index in [1.807, 2.05) is 67.6 Å². The Kier molecular flexibility index (Phi) is 10.6. The van der Waals surface area contributed by atoms with Crippen LogP contribution in [-0.2, 0) is 21.4 Å². The number of pyridine rings is 1. The van der Waals surface area contributed by atoms with E-state index in [0.717, 1.165) is 38.4 Å². The summed E-state index contributed by atoms with van der Waals surface area (Å²) in [5.41, 5.74) is 2.66. The van der Waals surface area contributed by atoms with E-state index >= 15 is 0 Å². The first-order valence-electron chi connectivity index (χ1n) is 15.8. The molecule has 10 nitrogen and oxygen atoms in total. The normalized spacial score (nSPS) is 13.2. The molecule has 0 unspecified atom stereocenters. The van der Waals surface area contributed by atoms with Crippen LogP contribution in [0.4, 0.5) is 0 Å². The lowest BCUT2D eigenvalue weighted by Gasteiger charge is -2.26. The van der Waals surface area contributed by atoms with E-state index in [4.69, 9.17) is 4.74 Å². The Morgan fingerprint density at radius 1 is 0.898 bits per heavy atom. The zero-order chi connectivity index (χ0) is 35.2. The molecule has 0 fully saturated rings. The van der Waals surface area contributed by atoms with Gasteiger partial charge in [-0.2, -0.15) is 0 Å². The van der Waals surface area contributed by atoms with Crippen LogP contribution < -0.4 is 15.4 Å². The van der Waals surface area contributed by atoms with Gasteiger partial charge >= 0.3 is 0 Å². The molecule has 0 aliphatic carbocycles. The molecule has 2 aromatic carbocycles. The summed E-state index contributed by atoms with van der Waals surface area (Å²) in [4.78, 5) is 53.2. The van der Waals surface area contributed by atoms with Crippen LogP contribution in [0.1, 0.15) is 53.4 Å². The molecule has 5 aromatic rings. The Hall–Kier alpha value is -5.26. The number of ether oxygens (including phenoxy) is 1. The van der Waals surface area contributed by atoms with E-state index in [1.54, 1.807) is 30.7 Å². The molecule has 11 heteroatoms. The molecule has 0 spiro atoms. The van der Waals surface area contributed by atoms with Crippen molar-refractivity contribution in [1.29, 1.82) is 0 Å². The number of hydrogen-bond donors (Lipinski definition) is 3. The van der Waals surface area contributed by atoms with Crippen LogP contribution in [0.2, 0.25) is 0 Å². The van der Waals surface area contributed by atoms with Crippen molar-refractivity contribution in [2.75, 3.05) is 6.61 Å². The maximum Gasteiger partial charge on any atom is 0.262 e. The molecule has 3 N–H and O–H groups in total. The van der Waals surface area contributed by atoms with E-state index in [-0.39, 0.29) is 11.8 Å². The largest absolute Gasteiger partial charge is 0.439 e. The maximum absolute atomic E-state index is 13.3. The number of nitrogens with zero attached hydrogens (tertiary/aromatic N) is 3. The van der Waals surface area contributed by atoms with Gasteiger partial charge in [0.05, 0.1) is 11.5 Å². The number of aryl methyl sites for hydroxylation is 1. The lowest BCUT2D eigenvalue weighted by molar-refractivity contribution is -0.128. The smallest absolute Gasteiger partial charge is 0.262 e. The van der Waals surface area contributed by atoms with E-state index in [0.29, 0.717) is 22.9 Å². The Labute approximate surface area is 289 Å². The third-order valence-electron chi connectivity index (χ3n) is 7.77. The third-order valence-corrected chi connectivity index (χ3v) is 9.28. The van der Waals surface area contributed by atoms with E-state index in [2.05, 4.69) is 46.4 Å². The predicted molar refractivity (Wildman–Crippen MR) is 190 cm³/mol. The van der Waals surface area contributed by atoms with Gasteiger partial charge in [-0.15, -0.1) is 11.3 Å². The summed E-state index contributed by atoms with van der Waals surface area (Å²) in [6.07, 6.45) is 5.79. The molecule has 0 saturated heterocycles. The van der Waals surface area contributed by atoms with Crippen LogP contribution in [-0.4, -0.2) is 56.3 Å². The topological polar surface area (TPSA) is 143 Å². The Balaban J connectivity index is 1.27. The first kappa shape index (κ1) is 35.1. The molecular weight excluding hydrogens is 639 g/mol. The van der Waals surface area contributed by atoms with Crippen molar-refractivity contribution in [3.8, 4) is 34.1 Å². The van der Waals surface area contributed by atoms with Gasteiger partial charge in [-0.1, -0.05) is 57.2 Å². The van der Waals surface area contributed by atoms with Gasteiger partial charge in [0.25, 0.3) is 5.91 Å². The number of nitrogens with one attached hydrogen (secondary N) is 2. The highest BCUT2D eigenvalue weighted by molar-refractivity contribution is 7.14. The minimum atomic E-state index is -1.48. The molecule has 252 valence electrons. The number of aldehydes is 1. The van der Waals surface area contributed by atoms with Crippen molar-refractivity contribution in [1.82, 2.24) is 25.6 Å². The second-order valence-corrected chi connectivity index (χ2v) is 14.2. The third kappa shape index (κ3) is 9.01. The number of carbonyl (C=O) groups is 3. The number of aromatic nitrogens is 3. The average molecular weight is 678 g/mol. The van der Waals surface area contributed by atoms with Crippen LogP contribution in [0.15, 0.2) is 91.4 Å². The van der Waals surface area contributed by atoms with Crippen molar-refractivity contribution in [3.05, 3.63) is 112 Å². The lowest BCUT2D eigenvalue weighted by Crippen LogP contribution is -2.57. The quantitative estimate of drug-likeness (QED) is 0.135. The van der Waals surface area contributed by atoms with Gasteiger partial charge in [-0.05, 0) is 60.7 Å². The summed E-state index contributed by atoms with van der Waals surface area (Å²) in [7, 11) is 0. The first-order valence-corrected chi connectivity index (χ1v) is 16.6. The molecule has 3 heterocycles. The molecule has 0 saturated carbocycles. The fraction of sp³-hybridized carbons (Fsp3) is 0.263. The molecule has 2 atom stereocenters. The van der Waals surface area contributed by atoms with Crippen LogP contribution in [0.25, 0.3) is 22.5 Å². The van der Waals surface area contributed by atoms with Crippen molar-refractivity contribution in [2.45, 2.75) is 58.0 Å². The number of aliphatic hydroxyl groups is 1. The molecule has 0 bridgehead atoms. The molecule has 0 aliphatic heterocycles. The summed E-state index contributed by atoms with van der Waals surface area (Å²) in [6, 6.07) is 21.5. The molecule has 0 radical (unpaired) electrons. The monoisotopic (exact) mass is 677 g/mol. The van der Waals surface area contributed by atoms with Gasteiger partial charge in [-0.25, -0.2) is 15.0 Å². The van der Waals surface area contributed by atoms with Gasteiger partial charge in [0.2, 0.25) is 11.8 Å². The van der Waals surface area contributed by atoms with Gasteiger partial charge < -0.3 is 25.3 Å². The van der Waals surface area contributed by atoms with Crippen molar-refractivity contribution < 1.29 is 24.2 Å². The highest BCUT2D eigenvalue weighted by atomic mass is 32.1. The molecule has 3 aromatic heterocycles. The van der Waals surface area contributed by atoms with Gasteiger partial charge in [0.1, 0.15) is 23.6 Å².